The molecule has 0 aliphatic carbocycles. The molecule has 4 nitrogen and oxygen atoms in total. The fourth-order valence-corrected chi connectivity index (χ4v) is 1.57. The number of carbonyl (C=O) groups is 1. The Morgan fingerprint density at radius 2 is 1.85 bits per heavy atom. The van der Waals surface area contributed by atoms with E-state index in [-0.39, 0.29) is 11.8 Å². The van der Waals surface area contributed by atoms with Crippen LogP contribution in [0.5, 0.6) is 0 Å². The molecule has 0 saturated carbocycles. The molecule has 0 saturated heterocycles. The lowest BCUT2D eigenvalue weighted by atomic mass is 10.2. The Bertz CT molecular complexity index is 382. The topological polar surface area (TPSA) is 50.4 Å². The van der Waals surface area contributed by atoms with Gasteiger partial charge in [-0.15, -0.1) is 0 Å². The van der Waals surface area contributed by atoms with Crippen LogP contribution in [0, 0.1) is 5.82 Å². The van der Waals surface area contributed by atoms with Gasteiger partial charge in [-0.2, -0.15) is 0 Å². The van der Waals surface area contributed by atoms with Crippen LogP contribution in [0.2, 0.25) is 0 Å². The Kier molecular flexibility index (Phi) is 8.38. The molecule has 112 valence electrons. The van der Waals surface area contributed by atoms with E-state index >= 15 is 0 Å². The zero-order chi connectivity index (χ0) is 14.6. The van der Waals surface area contributed by atoms with E-state index < -0.39 is 0 Å². The lowest BCUT2D eigenvalue weighted by molar-refractivity contribution is 0.129. The Hall–Kier alpha value is -1.62. The molecule has 0 atom stereocenters. The molecule has 0 fully saturated rings. The highest BCUT2D eigenvalue weighted by Crippen LogP contribution is 2.01. The van der Waals surface area contributed by atoms with Gasteiger partial charge in [-0.25, -0.2) is 9.18 Å². The van der Waals surface area contributed by atoms with Crippen LogP contribution >= 0.6 is 0 Å². The number of hydrogen-bond acceptors (Lipinski definition) is 2. The van der Waals surface area contributed by atoms with Crippen molar-refractivity contribution < 1.29 is 13.9 Å². The SMILES string of the molecule is CCCCOCCCNC(=O)NCc1ccc(F)cc1. The highest BCUT2D eigenvalue weighted by molar-refractivity contribution is 5.73. The first-order valence-electron chi connectivity index (χ1n) is 7.06. The molecular weight excluding hydrogens is 259 g/mol. The van der Waals surface area contributed by atoms with Gasteiger partial charge in [0.05, 0.1) is 0 Å². The molecule has 1 aromatic rings. The predicted octanol–water partition coefficient (Wildman–Crippen LogP) is 2.83. The zero-order valence-corrected chi connectivity index (χ0v) is 12.0. The van der Waals surface area contributed by atoms with Crippen molar-refractivity contribution in [3.8, 4) is 0 Å². The molecule has 1 rings (SSSR count). The summed E-state index contributed by atoms with van der Waals surface area (Å²) < 4.78 is 18.1. The van der Waals surface area contributed by atoms with Crippen molar-refractivity contribution in [2.45, 2.75) is 32.7 Å². The lowest BCUT2D eigenvalue weighted by Gasteiger charge is -2.08. The van der Waals surface area contributed by atoms with Crippen molar-refractivity contribution in [2.24, 2.45) is 0 Å². The van der Waals surface area contributed by atoms with E-state index in [1.165, 1.54) is 12.1 Å². The summed E-state index contributed by atoms with van der Waals surface area (Å²) in [5.41, 5.74) is 0.865. The summed E-state index contributed by atoms with van der Waals surface area (Å²) in [7, 11) is 0. The lowest BCUT2D eigenvalue weighted by Crippen LogP contribution is -2.35. The molecule has 1 aromatic carbocycles. The Morgan fingerprint density at radius 3 is 2.55 bits per heavy atom. The summed E-state index contributed by atoms with van der Waals surface area (Å²) in [6.07, 6.45) is 3.00. The minimum Gasteiger partial charge on any atom is -0.381 e. The maximum atomic E-state index is 12.7. The third kappa shape index (κ3) is 7.74. The van der Waals surface area contributed by atoms with Crippen LogP contribution < -0.4 is 10.6 Å². The Balaban J connectivity index is 2.01. The van der Waals surface area contributed by atoms with Crippen molar-refractivity contribution in [1.29, 1.82) is 0 Å². The molecular formula is C15H23FN2O2. The highest BCUT2D eigenvalue weighted by atomic mass is 19.1. The molecule has 5 heteroatoms. The van der Waals surface area contributed by atoms with Crippen LogP contribution in [0.15, 0.2) is 24.3 Å². The van der Waals surface area contributed by atoms with Gasteiger partial charge in [0.15, 0.2) is 0 Å². The van der Waals surface area contributed by atoms with E-state index in [0.717, 1.165) is 31.4 Å². The van der Waals surface area contributed by atoms with E-state index in [4.69, 9.17) is 4.74 Å². The fourth-order valence-electron chi connectivity index (χ4n) is 1.57. The van der Waals surface area contributed by atoms with E-state index in [9.17, 15) is 9.18 Å². The first-order valence-corrected chi connectivity index (χ1v) is 7.06. The van der Waals surface area contributed by atoms with Gasteiger partial charge in [0, 0.05) is 26.3 Å². The number of unbranched alkanes of at least 4 members (excludes halogenated alkanes) is 1. The molecule has 0 unspecified atom stereocenters. The smallest absolute Gasteiger partial charge is 0.315 e. The molecule has 0 aliphatic rings. The molecule has 2 N–H and O–H groups in total. The van der Waals surface area contributed by atoms with Gasteiger partial charge in [-0.3, -0.25) is 0 Å². The summed E-state index contributed by atoms with van der Waals surface area (Å²) in [6.45, 7) is 4.54. The van der Waals surface area contributed by atoms with Gasteiger partial charge in [-0.05, 0) is 30.5 Å². The number of carbonyl (C=O) groups excluding carboxylic acids is 1. The first-order chi connectivity index (χ1) is 9.72. The summed E-state index contributed by atoms with van der Waals surface area (Å²) in [4.78, 5) is 11.5. The number of nitrogens with one attached hydrogen (secondary N) is 2. The van der Waals surface area contributed by atoms with Crippen molar-refractivity contribution in [3.05, 3.63) is 35.6 Å². The van der Waals surface area contributed by atoms with E-state index in [1.54, 1.807) is 12.1 Å². The third-order valence-corrected chi connectivity index (χ3v) is 2.76. The second-order valence-electron chi connectivity index (χ2n) is 4.56. The van der Waals surface area contributed by atoms with Crippen LogP contribution in [0.3, 0.4) is 0 Å². The average molecular weight is 282 g/mol. The van der Waals surface area contributed by atoms with Gasteiger partial charge < -0.3 is 15.4 Å². The Morgan fingerprint density at radius 1 is 1.15 bits per heavy atom. The molecule has 0 aliphatic heterocycles. The summed E-state index contributed by atoms with van der Waals surface area (Å²) in [5.74, 6) is -0.277. The van der Waals surface area contributed by atoms with E-state index in [1.807, 2.05) is 0 Å². The van der Waals surface area contributed by atoms with Gasteiger partial charge in [0.25, 0.3) is 0 Å². The number of rotatable bonds is 9. The fraction of sp³-hybridized carbons (Fsp3) is 0.533. The number of ether oxygens (including phenoxy) is 1. The standard InChI is InChI=1S/C15H23FN2O2/c1-2-3-10-20-11-4-9-17-15(19)18-12-13-5-7-14(16)8-6-13/h5-8H,2-4,9-12H2,1H3,(H2,17,18,19). The van der Waals surface area contributed by atoms with E-state index in [0.29, 0.717) is 19.7 Å². The van der Waals surface area contributed by atoms with Gasteiger partial charge in [-0.1, -0.05) is 25.5 Å². The zero-order valence-electron chi connectivity index (χ0n) is 12.0. The quantitative estimate of drug-likeness (QED) is 0.684. The van der Waals surface area contributed by atoms with E-state index in [2.05, 4.69) is 17.6 Å². The number of amides is 2. The summed E-state index contributed by atoms with van der Waals surface area (Å²) >= 11 is 0. The third-order valence-electron chi connectivity index (χ3n) is 2.76. The van der Waals surface area contributed by atoms with Gasteiger partial charge in [0.1, 0.15) is 5.82 Å². The second-order valence-corrected chi connectivity index (χ2v) is 4.56. The van der Waals surface area contributed by atoms with Crippen LogP contribution in [-0.4, -0.2) is 25.8 Å². The average Bonchev–Trinajstić information content (AvgIpc) is 2.46. The van der Waals surface area contributed by atoms with Crippen LogP contribution in [0.25, 0.3) is 0 Å². The maximum Gasteiger partial charge on any atom is 0.315 e. The number of hydrogen-bond donors (Lipinski definition) is 2. The second kappa shape index (κ2) is 10.2. The minimum atomic E-state index is -0.277. The van der Waals surface area contributed by atoms with Crippen molar-refractivity contribution in [2.75, 3.05) is 19.8 Å². The molecule has 20 heavy (non-hydrogen) atoms. The van der Waals surface area contributed by atoms with Crippen LogP contribution in [-0.2, 0) is 11.3 Å². The monoisotopic (exact) mass is 282 g/mol. The summed E-state index contributed by atoms with van der Waals surface area (Å²) in [6, 6.07) is 5.84. The summed E-state index contributed by atoms with van der Waals surface area (Å²) in [5, 5.41) is 5.47. The minimum absolute atomic E-state index is 0.220. The van der Waals surface area contributed by atoms with Crippen molar-refractivity contribution >= 4 is 6.03 Å². The molecule has 0 radical (unpaired) electrons. The maximum absolute atomic E-state index is 12.7. The van der Waals surface area contributed by atoms with Gasteiger partial charge >= 0.3 is 6.03 Å². The van der Waals surface area contributed by atoms with Crippen molar-refractivity contribution in [3.63, 3.8) is 0 Å². The molecule has 0 heterocycles. The molecule has 0 aromatic heterocycles. The number of halogens is 1. The largest absolute Gasteiger partial charge is 0.381 e. The van der Waals surface area contributed by atoms with Gasteiger partial charge in [0.2, 0.25) is 0 Å². The molecule has 2 amide bonds. The molecule has 0 bridgehead atoms. The first kappa shape index (κ1) is 16.4. The number of benzene rings is 1. The van der Waals surface area contributed by atoms with Crippen molar-refractivity contribution in [1.82, 2.24) is 10.6 Å². The highest BCUT2D eigenvalue weighted by Gasteiger charge is 2.00. The van der Waals surface area contributed by atoms with Crippen LogP contribution in [0.4, 0.5) is 9.18 Å². The van der Waals surface area contributed by atoms with Crippen LogP contribution in [0.1, 0.15) is 31.7 Å². The number of urea groups is 1. The normalized spacial score (nSPS) is 10.3. The molecule has 0 spiro atoms. The Labute approximate surface area is 119 Å². The predicted molar refractivity (Wildman–Crippen MR) is 77.0 cm³/mol.